The van der Waals surface area contributed by atoms with Gasteiger partial charge in [-0.3, -0.25) is 0 Å². The number of aromatic carboxylic acids is 1. The summed E-state index contributed by atoms with van der Waals surface area (Å²) in [5.41, 5.74) is -0.174. The highest BCUT2D eigenvalue weighted by molar-refractivity contribution is 5.94. The predicted octanol–water partition coefficient (Wildman–Crippen LogP) is 1.30. The molecular formula is C8H6NO4. The standard InChI is InChI=1S/C8H6NO4/c10-7(11)5-3-1-2-4-6(5)9-8(12)13/h1-4H,(H,10,11)(H,12,13). The fraction of sp³-hybridized carbons (Fsp3) is 0. The third-order valence-electron chi connectivity index (χ3n) is 1.35. The van der Waals surface area contributed by atoms with Gasteiger partial charge in [0.05, 0.1) is 11.3 Å². The predicted molar refractivity (Wildman–Crippen MR) is 43.2 cm³/mol. The van der Waals surface area contributed by atoms with Crippen LogP contribution in [0.3, 0.4) is 0 Å². The molecule has 5 heteroatoms. The summed E-state index contributed by atoms with van der Waals surface area (Å²) in [7, 11) is 0. The molecule has 1 aromatic rings. The molecule has 1 amide bonds. The van der Waals surface area contributed by atoms with Gasteiger partial charge in [-0.2, -0.15) is 5.32 Å². The summed E-state index contributed by atoms with van der Waals surface area (Å²) in [5.74, 6) is -1.19. The van der Waals surface area contributed by atoms with Crippen LogP contribution in [0.4, 0.5) is 10.5 Å². The van der Waals surface area contributed by atoms with E-state index in [9.17, 15) is 9.59 Å². The van der Waals surface area contributed by atoms with Gasteiger partial charge in [0.15, 0.2) is 0 Å². The van der Waals surface area contributed by atoms with Crippen LogP contribution >= 0.6 is 0 Å². The molecule has 13 heavy (non-hydrogen) atoms. The van der Waals surface area contributed by atoms with Crippen molar-refractivity contribution in [1.82, 2.24) is 5.32 Å². The number of hydrogen-bond donors (Lipinski definition) is 2. The second-order valence-electron chi connectivity index (χ2n) is 2.22. The van der Waals surface area contributed by atoms with E-state index in [0.717, 1.165) is 0 Å². The molecule has 2 N–H and O–H groups in total. The molecular weight excluding hydrogens is 174 g/mol. The number of carboxylic acids is 1. The normalized spacial score (nSPS) is 9.23. The molecule has 0 spiro atoms. The minimum atomic E-state index is -1.41. The van der Waals surface area contributed by atoms with Gasteiger partial charge in [-0.1, -0.05) is 12.1 Å². The molecule has 0 atom stereocenters. The van der Waals surface area contributed by atoms with E-state index in [1.165, 1.54) is 24.3 Å². The van der Waals surface area contributed by atoms with Crippen molar-refractivity contribution in [3.8, 4) is 0 Å². The van der Waals surface area contributed by atoms with E-state index in [1.807, 2.05) is 0 Å². The van der Waals surface area contributed by atoms with E-state index in [4.69, 9.17) is 10.2 Å². The first-order valence-electron chi connectivity index (χ1n) is 3.38. The Morgan fingerprint density at radius 3 is 2.31 bits per heavy atom. The van der Waals surface area contributed by atoms with Crippen LogP contribution in [0.5, 0.6) is 0 Å². The third kappa shape index (κ3) is 2.19. The maximum absolute atomic E-state index is 10.6. The van der Waals surface area contributed by atoms with Crippen LogP contribution in [0.2, 0.25) is 0 Å². The Kier molecular flexibility index (Phi) is 2.49. The molecule has 67 valence electrons. The molecule has 0 unspecified atom stereocenters. The molecule has 0 aliphatic carbocycles. The molecule has 5 nitrogen and oxygen atoms in total. The Bertz CT molecular complexity index is 348. The van der Waals surface area contributed by atoms with Crippen molar-refractivity contribution in [2.24, 2.45) is 0 Å². The van der Waals surface area contributed by atoms with Gasteiger partial charge in [0.25, 0.3) is 0 Å². The quantitative estimate of drug-likeness (QED) is 0.717. The second-order valence-corrected chi connectivity index (χ2v) is 2.22. The molecule has 0 heterocycles. The number of amides is 1. The fourth-order valence-electron chi connectivity index (χ4n) is 0.855. The van der Waals surface area contributed by atoms with Gasteiger partial charge in [0, 0.05) is 0 Å². The second kappa shape index (κ2) is 3.57. The van der Waals surface area contributed by atoms with Gasteiger partial charge in [-0.15, -0.1) is 0 Å². The number of para-hydroxylation sites is 1. The SMILES string of the molecule is O=C(O)[N]c1ccccc1C(=O)O. The highest BCUT2D eigenvalue weighted by atomic mass is 16.4. The average Bonchev–Trinajstić information content (AvgIpc) is 2.03. The highest BCUT2D eigenvalue weighted by Gasteiger charge is 2.11. The summed E-state index contributed by atoms with van der Waals surface area (Å²) in [6, 6.07) is 5.65. The summed E-state index contributed by atoms with van der Waals surface area (Å²) in [5, 5.41) is 20.1. The van der Waals surface area contributed by atoms with Crippen LogP contribution in [-0.4, -0.2) is 22.3 Å². The monoisotopic (exact) mass is 180 g/mol. The summed E-state index contributed by atoms with van der Waals surface area (Å²) in [4.78, 5) is 20.7. The number of carbonyl (C=O) groups is 2. The molecule has 1 radical (unpaired) electrons. The molecule has 0 aliphatic rings. The molecule has 0 aromatic heterocycles. The van der Waals surface area contributed by atoms with Gasteiger partial charge in [0.2, 0.25) is 0 Å². The average molecular weight is 180 g/mol. The number of carboxylic acid groups (broad SMARTS) is 2. The highest BCUT2D eigenvalue weighted by Crippen LogP contribution is 2.14. The molecule has 0 saturated carbocycles. The van der Waals surface area contributed by atoms with Crippen LogP contribution in [0.25, 0.3) is 0 Å². The van der Waals surface area contributed by atoms with E-state index >= 15 is 0 Å². The van der Waals surface area contributed by atoms with Crippen molar-refractivity contribution in [1.29, 1.82) is 0 Å². The van der Waals surface area contributed by atoms with Crippen LogP contribution in [0.1, 0.15) is 10.4 Å². The summed E-state index contributed by atoms with van der Waals surface area (Å²) in [6.07, 6.45) is -1.41. The molecule has 0 saturated heterocycles. The Balaban J connectivity index is 3.04. The molecule has 0 aliphatic heterocycles. The molecule has 0 bridgehead atoms. The van der Waals surface area contributed by atoms with Crippen LogP contribution < -0.4 is 5.32 Å². The lowest BCUT2D eigenvalue weighted by atomic mass is 10.2. The minimum Gasteiger partial charge on any atom is -0.478 e. The van der Waals surface area contributed by atoms with E-state index in [1.54, 1.807) is 0 Å². The minimum absolute atomic E-state index is 0.0532. The zero-order valence-corrected chi connectivity index (χ0v) is 6.47. The first-order chi connectivity index (χ1) is 6.11. The smallest absolute Gasteiger partial charge is 0.431 e. The van der Waals surface area contributed by atoms with Crippen molar-refractivity contribution in [3.63, 3.8) is 0 Å². The lowest BCUT2D eigenvalue weighted by Gasteiger charge is -2.00. The summed E-state index contributed by atoms with van der Waals surface area (Å²) in [6.45, 7) is 0. The van der Waals surface area contributed by atoms with Crippen LogP contribution in [0.15, 0.2) is 24.3 Å². The topological polar surface area (TPSA) is 88.7 Å². The van der Waals surface area contributed by atoms with Gasteiger partial charge < -0.3 is 10.2 Å². The van der Waals surface area contributed by atoms with Gasteiger partial charge >= 0.3 is 12.1 Å². The lowest BCUT2D eigenvalue weighted by Crippen LogP contribution is -2.10. The van der Waals surface area contributed by atoms with Crippen molar-refractivity contribution in [3.05, 3.63) is 29.8 Å². The number of nitrogens with zero attached hydrogens (tertiary/aromatic N) is 1. The van der Waals surface area contributed by atoms with E-state index < -0.39 is 12.1 Å². The largest absolute Gasteiger partial charge is 0.478 e. The Hall–Kier alpha value is -2.04. The fourth-order valence-corrected chi connectivity index (χ4v) is 0.855. The van der Waals surface area contributed by atoms with Crippen molar-refractivity contribution >= 4 is 17.7 Å². The van der Waals surface area contributed by atoms with E-state index in [2.05, 4.69) is 5.32 Å². The van der Waals surface area contributed by atoms with Crippen molar-refractivity contribution < 1.29 is 19.8 Å². The first-order valence-corrected chi connectivity index (χ1v) is 3.38. The van der Waals surface area contributed by atoms with Crippen molar-refractivity contribution in [2.45, 2.75) is 0 Å². The first kappa shape index (κ1) is 9.05. The maximum atomic E-state index is 10.6. The van der Waals surface area contributed by atoms with Crippen LogP contribution in [-0.2, 0) is 0 Å². The number of hydrogen-bond acceptors (Lipinski definition) is 2. The number of benzene rings is 1. The zero-order chi connectivity index (χ0) is 9.84. The lowest BCUT2D eigenvalue weighted by molar-refractivity contribution is 0.0697. The molecule has 1 rings (SSSR count). The van der Waals surface area contributed by atoms with Crippen LogP contribution in [0, 0.1) is 0 Å². The van der Waals surface area contributed by atoms with E-state index in [-0.39, 0.29) is 11.3 Å². The van der Waals surface area contributed by atoms with E-state index in [0.29, 0.717) is 0 Å². The summed E-state index contributed by atoms with van der Waals surface area (Å²) < 4.78 is 0. The molecule has 1 aromatic carbocycles. The zero-order valence-electron chi connectivity index (χ0n) is 6.47. The van der Waals surface area contributed by atoms with Crippen molar-refractivity contribution in [2.75, 3.05) is 0 Å². The Labute approximate surface area is 73.6 Å². The third-order valence-corrected chi connectivity index (χ3v) is 1.35. The van der Waals surface area contributed by atoms with Gasteiger partial charge in [0.1, 0.15) is 0 Å². The van der Waals surface area contributed by atoms with Gasteiger partial charge in [-0.25, -0.2) is 9.59 Å². The number of rotatable bonds is 2. The Morgan fingerprint density at radius 1 is 1.15 bits per heavy atom. The molecule has 0 fully saturated rings. The summed E-state index contributed by atoms with van der Waals surface area (Å²) >= 11 is 0. The Morgan fingerprint density at radius 2 is 1.77 bits per heavy atom. The van der Waals surface area contributed by atoms with Gasteiger partial charge in [-0.05, 0) is 12.1 Å². The maximum Gasteiger partial charge on any atom is 0.431 e.